The van der Waals surface area contributed by atoms with Gasteiger partial charge in [-0.2, -0.15) is 0 Å². The molecule has 0 aliphatic carbocycles. The zero-order valence-electron chi connectivity index (χ0n) is 19.7. The molecule has 2 heterocycles. The van der Waals surface area contributed by atoms with Crippen LogP contribution in [0, 0.1) is 0 Å². The van der Waals surface area contributed by atoms with Gasteiger partial charge < -0.3 is 20.1 Å². The SMILES string of the molecule is COC(=O)CC(=O)NC1=NC(C)(C)CC1.COC(=O)CC(=O)NC1=NC(C)(C)CC1.[Cl][Pt][Cl]. The first kappa shape index (κ1) is 31.5. The second kappa shape index (κ2) is 15.4. The molecule has 2 aliphatic rings. The van der Waals surface area contributed by atoms with E-state index in [1.165, 1.54) is 14.2 Å². The zero-order chi connectivity index (χ0) is 25.7. The van der Waals surface area contributed by atoms with E-state index in [1.54, 1.807) is 0 Å². The number of nitrogens with zero attached hydrogens (tertiary/aromatic N) is 2. The fourth-order valence-corrected chi connectivity index (χ4v) is 2.80. The second-order valence-electron chi connectivity index (χ2n) is 8.39. The molecule has 0 radical (unpaired) electrons. The molecule has 0 saturated heterocycles. The minimum atomic E-state index is -0.537. The molecule has 0 aromatic heterocycles. The molecule has 2 aliphatic heterocycles. The molecular weight excluding hydrogens is 658 g/mol. The number of carbonyl (C=O) groups excluding carboxylic acids is 4. The van der Waals surface area contributed by atoms with E-state index >= 15 is 0 Å². The van der Waals surface area contributed by atoms with Crippen molar-refractivity contribution in [2.24, 2.45) is 9.98 Å². The van der Waals surface area contributed by atoms with Crippen LogP contribution < -0.4 is 10.6 Å². The van der Waals surface area contributed by atoms with Crippen molar-refractivity contribution in [3.63, 3.8) is 0 Å². The molecule has 2 rings (SSSR count). The van der Waals surface area contributed by atoms with E-state index in [0.29, 0.717) is 11.7 Å². The molecule has 2 amide bonds. The molecule has 0 saturated carbocycles. The third kappa shape index (κ3) is 15.1. The summed E-state index contributed by atoms with van der Waals surface area (Å²) in [7, 11) is 12.3. The summed E-state index contributed by atoms with van der Waals surface area (Å²) < 4.78 is 8.77. The van der Waals surface area contributed by atoms with Crippen molar-refractivity contribution in [2.45, 2.75) is 77.3 Å². The Kier molecular flexibility index (Phi) is 14.7. The van der Waals surface area contributed by atoms with Gasteiger partial charge in [0.2, 0.25) is 11.8 Å². The van der Waals surface area contributed by atoms with Gasteiger partial charge in [-0.1, -0.05) is 0 Å². The number of amidine groups is 2. The fourth-order valence-electron chi connectivity index (χ4n) is 2.80. The molecular formula is C20H32Cl2N4O6Pt. The first-order valence-electron chi connectivity index (χ1n) is 10.0. The van der Waals surface area contributed by atoms with Gasteiger partial charge in [-0.05, 0) is 40.5 Å². The van der Waals surface area contributed by atoms with Crippen LogP contribution in [-0.4, -0.2) is 60.7 Å². The van der Waals surface area contributed by atoms with E-state index in [1.807, 2.05) is 27.7 Å². The van der Waals surface area contributed by atoms with Gasteiger partial charge in [-0.25, -0.2) is 0 Å². The Balaban J connectivity index is 0.000000555. The van der Waals surface area contributed by atoms with Crippen molar-refractivity contribution in [1.82, 2.24) is 10.6 Å². The summed E-state index contributed by atoms with van der Waals surface area (Å²) >= 11 is -0.472. The number of ether oxygens (including phenoxy) is 2. The molecule has 0 bridgehead atoms. The van der Waals surface area contributed by atoms with Gasteiger partial charge in [0.15, 0.2) is 0 Å². The quantitative estimate of drug-likeness (QED) is 0.344. The normalized spacial score (nSPS) is 17.2. The van der Waals surface area contributed by atoms with Gasteiger partial charge in [-0.3, -0.25) is 29.2 Å². The summed E-state index contributed by atoms with van der Waals surface area (Å²) in [6.07, 6.45) is 2.83. The average Bonchev–Trinajstić information content (AvgIpc) is 3.22. The standard InChI is InChI=1S/2C10H16N2O3.2ClH.Pt/c2*1-10(2)5-4-7(12-10)11-8(13)6-9(14)15-3;;;/h2*4-6H2,1-3H3,(H,11,12,13);2*1H;/q;;;;+2/p-2. The maximum atomic E-state index is 11.3. The fraction of sp³-hybridized carbons (Fsp3) is 0.700. The molecule has 13 heteroatoms. The van der Waals surface area contributed by atoms with Gasteiger partial charge >= 0.3 is 47.3 Å². The predicted octanol–water partition coefficient (Wildman–Crippen LogP) is 2.65. The topological polar surface area (TPSA) is 136 Å². The van der Waals surface area contributed by atoms with Crippen LogP contribution in [0.15, 0.2) is 9.98 Å². The first-order valence-corrected chi connectivity index (χ1v) is 15.6. The summed E-state index contributed by atoms with van der Waals surface area (Å²) in [5.74, 6) is -0.477. The van der Waals surface area contributed by atoms with E-state index in [9.17, 15) is 19.2 Å². The minimum absolute atomic E-state index is 0.103. The summed E-state index contributed by atoms with van der Waals surface area (Å²) in [5.41, 5.74) is -0.207. The van der Waals surface area contributed by atoms with E-state index in [-0.39, 0.29) is 35.7 Å². The van der Waals surface area contributed by atoms with E-state index in [0.717, 1.165) is 25.7 Å². The number of hydrogen-bond acceptors (Lipinski definition) is 8. The Morgan fingerprint density at radius 1 is 0.818 bits per heavy atom. The molecule has 192 valence electrons. The number of halogens is 2. The molecule has 33 heavy (non-hydrogen) atoms. The van der Waals surface area contributed by atoms with E-state index in [2.05, 4.69) is 30.1 Å². The van der Waals surface area contributed by atoms with Crippen LogP contribution in [0.25, 0.3) is 0 Å². The van der Waals surface area contributed by atoms with Crippen molar-refractivity contribution in [3.8, 4) is 0 Å². The van der Waals surface area contributed by atoms with Crippen molar-refractivity contribution in [1.29, 1.82) is 0 Å². The molecule has 0 spiro atoms. The van der Waals surface area contributed by atoms with Crippen molar-refractivity contribution < 1.29 is 45.1 Å². The van der Waals surface area contributed by atoms with Crippen molar-refractivity contribution >= 4 is 54.3 Å². The zero-order valence-corrected chi connectivity index (χ0v) is 23.4. The molecule has 0 fully saturated rings. The van der Waals surface area contributed by atoms with Crippen molar-refractivity contribution in [3.05, 3.63) is 0 Å². The van der Waals surface area contributed by atoms with E-state index in [4.69, 9.17) is 18.8 Å². The van der Waals surface area contributed by atoms with Gasteiger partial charge in [0.1, 0.15) is 24.5 Å². The number of nitrogens with one attached hydrogen (secondary N) is 2. The Labute approximate surface area is 211 Å². The third-order valence-electron chi connectivity index (χ3n) is 4.46. The number of hydrogen-bond donors (Lipinski definition) is 2. The van der Waals surface area contributed by atoms with Gasteiger partial charge in [0, 0.05) is 12.8 Å². The Bertz CT molecular complexity index is 710. The van der Waals surface area contributed by atoms with Crippen LogP contribution in [0.4, 0.5) is 0 Å². The maximum absolute atomic E-state index is 11.3. The number of rotatable bonds is 4. The number of esters is 2. The number of amides is 2. The van der Waals surface area contributed by atoms with Crippen LogP contribution in [0.5, 0.6) is 0 Å². The van der Waals surface area contributed by atoms with Crippen LogP contribution in [0.3, 0.4) is 0 Å². The molecule has 0 atom stereocenters. The Morgan fingerprint density at radius 2 is 1.12 bits per heavy atom. The van der Waals surface area contributed by atoms with Crippen LogP contribution in [0.2, 0.25) is 0 Å². The molecule has 2 N–H and O–H groups in total. The third-order valence-corrected chi connectivity index (χ3v) is 4.46. The summed E-state index contributed by atoms with van der Waals surface area (Å²) in [5, 5.41) is 5.22. The second-order valence-corrected chi connectivity index (χ2v) is 11.7. The van der Waals surface area contributed by atoms with Crippen LogP contribution in [-0.2, 0) is 45.1 Å². The summed E-state index contributed by atoms with van der Waals surface area (Å²) in [4.78, 5) is 52.8. The average molecular weight is 690 g/mol. The molecule has 0 unspecified atom stereocenters. The monoisotopic (exact) mass is 689 g/mol. The Morgan fingerprint density at radius 3 is 1.33 bits per heavy atom. The van der Waals surface area contributed by atoms with Crippen LogP contribution in [0.1, 0.15) is 66.2 Å². The predicted molar refractivity (Wildman–Crippen MR) is 123 cm³/mol. The van der Waals surface area contributed by atoms with Gasteiger partial charge in [0.05, 0.1) is 25.3 Å². The van der Waals surface area contributed by atoms with Crippen LogP contribution >= 0.6 is 18.8 Å². The Hall–Kier alpha value is -1.51. The van der Waals surface area contributed by atoms with E-state index < -0.39 is 28.4 Å². The van der Waals surface area contributed by atoms with Gasteiger partial charge in [0.25, 0.3) is 0 Å². The van der Waals surface area contributed by atoms with Gasteiger partial charge in [-0.15, -0.1) is 0 Å². The molecule has 10 nitrogen and oxygen atoms in total. The first-order chi connectivity index (χ1) is 15.3. The number of carbonyl (C=O) groups is 4. The number of methoxy groups -OCH3 is 2. The van der Waals surface area contributed by atoms with Crippen molar-refractivity contribution in [2.75, 3.05) is 14.2 Å². The number of aliphatic imine (C=N–C) groups is 2. The molecule has 0 aromatic rings. The molecule has 0 aromatic carbocycles. The summed E-state index contributed by atoms with van der Waals surface area (Å²) in [6, 6.07) is 0. The summed E-state index contributed by atoms with van der Waals surface area (Å²) in [6.45, 7) is 8.03.